The maximum absolute atomic E-state index is 13.4. The third-order valence-electron chi connectivity index (χ3n) is 8.07. The second-order valence-corrected chi connectivity index (χ2v) is 12.2. The minimum atomic E-state index is -3.62. The molecule has 4 aliphatic rings. The fourth-order valence-corrected chi connectivity index (χ4v) is 7.34. The van der Waals surface area contributed by atoms with E-state index in [0.717, 1.165) is 56.4 Å². The Labute approximate surface area is 197 Å². The Morgan fingerprint density at radius 1 is 0.848 bits per heavy atom. The number of amides is 2. The average Bonchev–Trinajstić information content (AvgIpc) is 3.13. The number of piperidine rings is 2. The minimum absolute atomic E-state index is 0.0580. The number of carbonyl (C=O) groups excluding carboxylic acids is 2. The summed E-state index contributed by atoms with van der Waals surface area (Å²) in [4.78, 5) is 29.9. The van der Waals surface area contributed by atoms with E-state index in [1.165, 1.54) is 10.7 Å². The Morgan fingerprint density at radius 2 is 1.52 bits per heavy atom. The van der Waals surface area contributed by atoms with Crippen molar-refractivity contribution >= 4 is 27.5 Å². The van der Waals surface area contributed by atoms with E-state index in [0.29, 0.717) is 37.2 Å². The van der Waals surface area contributed by atoms with Crippen molar-refractivity contribution in [3.8, 4) is 0 Å². The zero-order chi connectivity index (χ0) is 23.2. The second kappa shape index (κ2) is 9.02. The van der Waals surface area contributed by atoms with Crippen molar-refractivity contribution in [3.05, 3.63) is 23.8 Å². The molecule has 33 heavy (non-hydrogen) atoms. The molecule has 1 aliphatic carbocycles. The standard InChI is InChI=1S/C25H35N3O4S/c1-18-16-21-17-22(8-9-23(21)28(18)25(30)19-6-5-7-19)33(31,32)27-14-10-20(11-15-27)24(29)26-12-3-2-4-13-26/h8-9,17-20H,2-7,10-16H2,1H3/t18-/m0/s1. The quantitative estimate of drug-likeness (QED) is 0.673. The van der Waals surface area contributed by atoms with Gasteiger partial charge in [0.1, 0.15) is 0 Å². The highest BCUT2D eigenvalue weighted by Crippen LogP contribution is 2.39. The molecule has 0 unspecified atom stereocenters. The molecule has 0 aromatic heterocycles. The fourth-order valence-electron chi connectivity index (χ4n) is 5.82. The SMILES string of the molecule is C[C@H]1Cc2cc(S(=O)(=O)N3CCC(C(=O)N4CCCCC4)CC3)ccc2N1C(=O)C1CCC1. The van der Waals surface area contributed by atoms with Crippen LogP contribution in [0.25, 0.3) is 0 Å². The molecule has 5 rings (SSSR count). The number of rotatable bonds is 4. The normalized spacial score (nSPS) is 25.1. The summed E-state index contributed by atoms with van der Waals surface area (Å²) in [7, 11) is -3.62. The van der Waals surface area contributed by atoms with Crippen molar-refractivity contribution in [1.82, 2.24) is 9.21 Å². The van der Waals surface area contributed by atoms with E-state index in [9.17, 15) is 18.0 Å². The second-order valence-electron chi connectivity index (χ2n) is 10.2. The van der Waals surface area contributed by atoms with Crippen LogP contribution >= 0.6 is 0 Å². The summed E-state index contributed by atoms with van der Waals surface area (Å²) in [6, 6.07) is 5.29. The van der Waals surface area contributed by atoms with Gasteiger partial charge in [0.25, 0.3) is 0 Å². The molecule has 0 bridgehead atoms. The van der Waals surface area contributed by atoms with Crippen molar-refractivity contribution in [1.29, 1.82) is 0 Å². The van der Waals surface area contributed by atoms with E-state index in [-0.39, 0.29) is 29.7 Å². The topological polar surface area (TPSA) is 78.0 Å². The van der Waals surface area contributed by atoms with Gasteiger partial charge in [-0.1, -0.05) is 6.42 Å². The van der Waals surface area contributed by atoms with E-state index >= 15 is 0 Å². The molecule has 3 aliphatic heterocycles. The summed E-state index contributed by atoms with van der Waals surface area (Å²) >= 11 is 0. The largest absolute Gasteiger partial charge is 0.342 e. The van der Waals surface area contributed by atoms with Gasteiger partial charge in [-0.05, 0) is 82.1 Å². The summed E-state index contributed by atoms with van der Waals surface area (Å²) in [6.07, 6.45) is 8.21. The Kier molecular flexibility index (Phi) is 6.25. The number of carbonyl (C=O) groups is 2. The molecule has 7 nitrogen and oxygen atoms in total. The number of likely N-dealkylation sites (tertiary alicyclic amines) is 1. The summed E-state index contributed by atoms with van der Waals surface area (Å²) in [5.41, 5.74) is 1.80. The van der Waals surface area contributed by atoms with Gasteiger partial charge in [-0.15, -0.1) is 0 Å². The number of anilines is 1. The average molecular weight is 474 g/mol. The lowest BCUT2D eigenvalue weighted by atomic mass is 9.84. The maximum atomic E-state index is 13.4. The van der Waals surface area contributed by atoms with E-state index in [4.69, 9.17) is 0 Å². The lowest BCUT2D eigenvalue weighted by molar-refractivity contribution is -0.137. The number of hydrogen-bond donors (Lipinski definition) is 0. The monoisotopic (exact) mass is 473 g/mol. The molecule has 1 saturated carbocycles. The van der Waals surface area contributed by atoms with Gasteiger partial charge in [0.15, 0.2) is 0 Å². The zero-order valence-corrected chi connectivity index (χ0v) is 20.4. The van der Waals surface area contributed by atoms with Gasteiger partial charge in [0.05, 0.1) is 4.90 Å². The van der Waals surface area contributed by atoms with E-state index in [2.05, 4.69) is 0 Å². The van der Waals surface area contributed by atoms with E-state index in [1.54, 1.807) is 12.1 Å². The number of hydrogen-bond acceptors (Lipinski definition) is 4. The lowest BCUT2D eigenvalue weighted by Gasteiger charge is -2.35. The molecular formula is C25H35N3O4S. The highest BCUT2D eigenvalue weighted by atomic mass is 32.2. The number of nitrogens with zero attached hydrogens (tertiary/aromatic N) is 3. The Balaban J connectivity index is 1.27. The molecule has 0 radical (unpaired) electrons. The lowest BCUT2D eigenvalue weighted by Crippen LogP contribution is -2.45. The first kappa shape index (κ1) is 22.8. The van der Waals surface area contributed by atoms with Crippen LogP contribution in [0.4, 0.5) is 5.69 Å². The van der Waals surface area contributed by atoms with Crippen molar-refractivity contribution in [3.63, 3.8) is 0 Å². The Morgan fingerprint density at radius 3 is 2.15 bits per heavy atom. The molecule has 1 aromatic carbocycles. The Bertz CT molecular complexity index is 1020. The predicted octanol–water partition coefficient (Wildman–Crippen LogP) is 3.18. The van der Waals surface area contributed by atoms with Gasteiger partial charge in [-0.2, -0.15) is 4.31 Å². The first-order valence-corrected chi connectivity index (χ1v) is 14.0. The molecule has 3 heterocycles. The number of sulfonamides is 1. The third-order valence-corrected chi connectivity index (χ3v) is 9.96. The molecule has 2 amide bonds. The third kappa shape index (κ3) is 4.20. The van der Waals surface area contributed by atoms with Crippen LogP contribution in [-0.4, -0.2) is 61.7 Å². The highest BCUT2D eigenvalue weighted by molar-refractivity contribution is 7.89. The van der Waals surface area contributed by atoms with Gasteiger partial charge in [-0.25, -0.2) is 8.42 Å². The van der Waals surface area contributed by atoms with Crippen LogP contribution < -0.4 is 4.90 Å². The molecule has 2 saturated heterocycles. The number of benzene rings is 1. The zero-order valence-electron chi connectivity index (χ0n) is 19.5. The molecule has 1 atom stereocenters. The van der Waals surface area contributed by atoms with Gasteiger partial charge in [0, 0.05) is 49.7 Å². The van der Waals surface area contributed by atoms with Crippen LogP contribution in [0, 0.1) is 11.8 Å². The smallest absolute Gasteiger partial charge is 0.243 e. The van der Waals surface area contributed by atoms with Crippen LogP contribution in [0.3, 0.4) is 0 Å². The molecule has 0 N–H and O–H groups in total. The molecule has 180 valence electrons. The summed E-state index contributed by atoms with van der Waals surface area (Å²) < 4.78 is 28.3. The first-order chi connectivity index (χ1) is 15.9. The van der Waals surface area contributed by atoms with Crippen LogP contribution in [0.2, 0.25) is 0 Å². The van der Waals surface area contributed by atoms with E-state index < -0.39 is 10.0 Å². The van der Waals surface area contributed by atoms with Crippen molar-refractivity contribution in [2.75, 3.05) is 31.1 Å². The van der Waals surface area contributed by atoms with Crippen molar-refractivity contribution < 1.29 is 18.0 Å². The van der Waals surface area contributed by atoms with Crippen LogP contribution in [0.1, 0.15) is 63.9 Å². The molecular weight excluding hydrogens is 438 g/mol. The predicted molar refractivity (Wildman–Crippen MR) is 126 cm³/mol. The fraction of sp³-hybridized carbons (Fsp3) is 0.680. The molecule has 8 heteroatoms. The highest BCUT2D eigenvalue weighted by Gasteiger charge is 2.39. The number of fused-ring (bicyclic) bond motifs is 1. The summed E-state index contributed by atoms with van der Waals surface area (Å²) in [5.74, 6) is 0.440. The first-order valence-electron chi connectivity index (χ1n) is 12.6. The van der Waals surface area contributed by atoms with Crippen LogP contribution in [0.15, 0.2) is 23.1 Å². The van der Waals surface area contributed by atoms with Crippen molar-refractivity contribution in [2.45, 2.75) is 75.6 Å². The van der Waals surface area contributed by atoms with Crippen molar-refractivity contribution in [2.24, 2.45) is 11.8 Å². The van der Waals surface area contributed by atoms with Gasteiger partial charge >= 0.3 is 0 Å². The minimum Gasteiger partial charge on any atom is -0.342 e. The van der Waals surface area contributed by atoms with Crippen LogP contribution in [0.5, 0.6) is 0 Å². The summed E-state index contributed by atoms with van der Waals surface area (Å²) in [6.45, 7) is 4.48. The maximum Gasteiger partial charge on any atom is 0.243 e. The molecule has 1 aromatic rings. The Hall–Kier alpha value is -1.93. The van der Waals surface area contributed by atoms with Crippen LogP contribution in [-0.2, 0) is 26.0 Å². The van der Waals surface area contributed by atoms with E-state index in [1.807, 2.05) is 22.8 Å². The van der Waals surface area contributed by atoms with Gasteiger partial charge < -0.3 is 9.80 Å². The van der Waals surface area contributed by atoms with Gasteiger partial charge in [-0.3, -0.25) is 9.59 Å². The molecule has 0 spiro atoms. The van der Waals surface area contributed by atoms with Gasteiger partial charge in [0.2, 0.25) is 21.8 Å². The summed E-state index contributed by atoms with van der Waals surface area (Å²) in [5, 5.41) is 0. The molecule has 3 fully saturated rings.